The lowest BCUT2D eigenvalue weighted by molar-refractivity contribution is 0.302. The largest absolute Gasteiger partial charge is 0.487 e. The van der Waals surface area contributed by atoms with E-state index in [1.54, 1.807) is 6.21 Å². The second-order valence-electron chi connectivity index (χ2n) is 11.9. The molecule has 47 heavy (non-hydrogen) atoms. The third-order valence-corrected chi connectivity index (χ3v) is 9.28. The van der Waals surface area contributed by atoms with Gasteiger partial charge >= 0.3 is 0 Å². The number of aryl methyl sites for hydroxylation is 2. The van der Waals surface area contributed by atoms with Crippen LogP contribution in [-0.4, -0.2) is 34.3 Å². The van der Waals surface area contributed by atoms with E-state index in [2.05, 4.69) is 138 Å². The first kappa shape index (κ1) is 32.7. The van der Waals surface area contributed by atoms with Crippen LogP contribution in [0.1, 0.15) is 40.7 Å². The van der Waals surface area contributed by atoms with Crippen molar-refractivity contribution in [1.29, 1.82) is 0 Å². The molecule has 1 aliphatic rings. The Balaban J connectivity index is 1.15. The fourth-order valence-electron chi connectivity index (χ4n) is 5.46. The second kappa shape index (κ2) is 15.5. The van der Waals surface area contributed by atoms with Gasteiger partial charge in [0.1, 0.15) is 12.4 Å². The Morgan fingerprint density at radius 1 is 0.809 bits per heavy atom. The Kier molecular flexibility index (Phi) is 10.8. The molecule has 0 saturated carbocycles. The number of piperidine rings is 1. The van der Waals surface area contributed by atoms with Gasteiger partial charge in [-0.05, 0) is 112 Å². The summed E-state index contributed by atoms with van der Waals surface area (Å²) in [6, 6.07) is 31.1. The quantitative estimate of drug-likeness (QED) is 0.103. The van der Waals surface area contributed by atoms with Crippen molar-refractivity contribution in [1.82, 2.24) is 15.0 Å². The fourth-order valence-corrected chi connectivity index (χ4v) is 6.91. The monoisotopic (exact) mass is 753 g/mol. The van der Waals surface area contributed by atoms with E-state index < -0.39 is 0 Å². The van der Waals surface area contributed by atoms with E-state index in [9.17, 15) is 0 Å². The Labute approximate surface area is 293 Å². The molecule has 2 N–H and O–H groups in total. The molecule has 2 heterocycles. The number of aromatic nitrogens is 3. The molecule has 0 atom stereocenters. The first-order chi connectivity index (χ1) is 22.9. The van der Waals surface area contributed by atoms with Gasteiger partial charge in [0.15, 0.2) is 0 Å². The number of hydrazone groups is 1. The molecular formula is C37H37Br2N7O. The zero-order chi connectivity index (χ0) is 32.6. The van der Waals surface area contributed by atoms with Gasteiger partial charge in [0.2, 0.25) is 17.8 Å². The molecule has 0 aliphatic carbocycles. The summed E-state index contributed by atoms with van der Waals surface area (Å²) in [6.07, 6.45) is 4.98. The third-order valence-electron chi connectivity index (χ3n) is 8.10. The van der Waals surface area contributed by atoms with Crippen LogP contribution >= 0.6 is 31.9 Å². The summed E-state index contributed by atoms with van der Waals surface area (Å²) in [6.45, 7) is 6.38. The van der Waals surface area contributed by atoms with Crippen molar-refractivity contribution < 1.29 is 4.74 Å². The van der Waals surface area contributed by atoms with Crippen molar-refractivity contribution in [3.63, 3.8) is 0 Å². The Morgan fingerprint density at radius 2 is 1.45 bits per heavy atom. The molecule has 1 aromatic heterocycles. The van der Waals surface area contributed by atoms with E-state index in [4.69, 9.17) is 14.7 Å². The summed E-state index contributed by atoms with van der Waals surface area (Å²) in [5.41, 5.74) is 9.71. The summed E-state index contributed by atoms with van der Waals surface area (Å²) in [5, 5.41) is 7.82. The smallest absolute Gasteiger partial charge is 0.250 e. The van der Waals surface area contributed by atoms with Gasteiger partial charge in [-0.25, -0.2) is 5.43 Å². The first-order valence-electron chi connectivity index (χ1n) is 15.7. The van der Waals surface area contributed by atoms with Crippen LogP contribution in [0, 0.1) is 19.8 Å². The summed E-state index contributed by atoms with van der Waals surface area (Å²) in [4.78, 5) is 16.4. The normalized spacial score (nSPS) is 13.6. The summed E-state index contributed by atoms with van der Waals surface area (Å²) >= 11 is 7.32. The van der Waals surface area contributed by atoms with Gasteiger partial charge < -0.3 is 15.0 Å². The number of nitrogens with zero attached hydrogens (tertiary/aromatic N) is 5. The Hall–Kier alpha value is -4.28. The predicted octanol–water partition coefficient (Wildman–Crippen LogP) is 9.24. The number of anilines is 4. The summed E-state index contributed by atoms with van der Waals surface area (Å²) in [5.74, 6) is 2.83. The van der Waals surface area contributed by atoms with Crippen LogP contribution in [0.4, 0.5) is 23.5 Å². The minimum Gasteiger partial charge on any atom is -0.487 e. The van der Waals surface area contributed by atoms with Gasteiger partial charge in [-0.15, -0.1) is 0 Å². The Morgan fingerprint density at radius 3 is 2.13 bits per heavy atom. The molecule has 0 radical (unpaired) electrons. The highest BCUT2D eigenvalue weighted by molar-refractivity contribution is 9.11. The van der Waals surface area contributed by atoms with Crippen LogP contribution in [0.25, 0.3) is 0 Å². The number of halogens is 2. The first-order valence-corrected chi connectivity index (χ1v) is 17.3. The van der Waals surface area contributed by atoms with Crippen molar-refractivity contribution >= 4 is 61.6 Å². The molecule has 1 saturated heterocycles. The van der Waals surface area contributed by atoms with Gasteiger partial charge in [-0.1, -0.05) is 77.9 Å². The molecule has 0 spiro atoms. The molecule has 0 unspecified atom stereocenters. The maximum Gasteiger partial charge on any atom is 0.250 e. The van der Waals surface area contributed by atoms with Crippen LogP contribution in [0.5, 0.6) is 5.75 Å². The maximum atomic E-state index is 6.11. The highest BCUT2D eigenvalue weighted by Crippen LogP contribution is 2.35. The van der Waals surface area contributed by atoms with Crippen molar-refractivity contribution in [2.75, 3.05) is 28.7 Å². The van der Waals surface area contributed by atoms with Crippen molar-refractivity contribution in [2.45, 2.75) is 39.7 Å². The Bertz CT molecular complexity index is 1790. The second-order valence-corrected chi connectivity index (χ2v) is 13.6. The van der Waals surface area contributed by atoms with Gasteiger partial charge in [-0.2, -0.15) is 20.1 Å². The number of hydrogen-bond donors (Lipinski definition) is 2. The van der Waals surface area contributed by atoms with Crippen LogP contribution in [-0.2, 0) is 13.0 Å². The zero-order valence-corrected chi connectivity index (χ0v) is 29.6. The number of ether oxygens (including phenoxy) is 1. The van der Waals surface area contributed by atoms with Gasteiger partial charge in [0.25, 0.3) is 0 Å². The predicted molar refractivity (Wildman–Crippen MR) is 198 cm³/mol. The lowest BCUT2D eigenvalue weighted by Gasteiger charge is -2.32. The van der Waals surface area contributed by atoms with E-state index in [0.717, 1.165) is 63.9 Å². The standard InChI is InChI=1S/C37H37Br2N7O/c1-25-8-12-29(13-9-25)24-47-34-32(38)21-30(22-33(34)39)23-40-45-36-42-35(41-31-14-10-26(2)11-15-31)43-37(44-36)46-18-16-28(17-19-46)20-27-6-4-3-5-7-27/h3-15,21-23,28H,16-20,24H2,1-2H3,(H2,41,42,43,44,45)/b40-23-. The van der Waals surface area contributed by atoms with Gasteiger partial charge in [0, 0.05) is 18.8 Å². The molecule has 6 rings (SSSR count). The van der Waals surface area contributed by atoms with Crippen LogP contribution in [0.15, 0.2) is 105 Å². The van der Waals surface area contributed by atoms with Crippen molar-refractivity contribution in [3.8, 4) is 5.75 Å². The highest BCUT2D eigenvalue weighted by Gasteiger charge is 2.22. The van der Waals surface area contributed by atoms with Crippen LogP contribution < -0.4 is 20.4 Å². The van der Waals surface area contributed by atoms with Gasteiger partial charge in [-0.3, -0.25) is 0 Å². The fraction of sp³-hybridized carbons (Fsp3) is 0.243. The third kappa shape index (κ3) is 9.17. The number of hydrogen-bond acceptors (Lipinski definition) is 8. The van der Waals surface area contributed by atoms with E-state index in [1.165, 1.54) is 16.7 Å². The maximum absolute atomic E-state index is 6.11. The number of rotatable bonds is 11. The van der Waals surface area contributed by atoms with Gasteiger partial charge in [0.05, 0.1) is 15.2 Å². The molecule has 8 nitrogen and oxygen atoms in total. The van der Waals surface area contributed by atoms with Crippen molar-refractivity contribution in [3.05, 3.63) is 128 Å². The molecule has 0 bridgehead atoms. The molecule has 1 fully saturated rings. The van der Waals surface area contributed by atoms with Crippen molar-refractivity contribution in [2.24, 2.45) is 11.0 Å². The lowest BCUT2D eigenvalue weighted by atomic mass is 9.90. The molecule has 4 aromatic carbocycles. The van der Waals surface area contributed by atoms with E-state index in [-0.39, 0.29) is 0 Å². The zero-order valence-electron chi connectivity index (χ0n) is 26.5. The van der Waals surface area contributed by atoms with E-state index >= 15 is 0 Å². The minimum absolute atomic E-state index is 0.364. The molecule has 1 aliphatic heterocycles. The molecule has 240 valence electrons. The SMILES string of the molecule is Cc1ccc(COc2c(Br)cc(/C=N\Nc3nc(Nc4ccc(C)cc4)nc(N4CCC(Cc5ccccc5)CC4)n3)cc2Br)cc1. The molecule has 5 aromatic rings. The summed E-state index contributed by atoms with van der Waals surface area (Å²) in [7, 11) is 0. The van der Waals surface area contributed by atoms with Crippen LogP contribution in [0.2, 0.25) is 0 Å². The summed E-state index contributed by atoms with van der Waals surface area (Å²) < 4.78 is 7.75. The van der Waals surface area contributed by atoms with E-state index in [0.29, 0.717) is 30.4 Å². The number of benzene rings is 4. The molecular weight excluding hydrogens is 718 g/mol. The highest BCUT2D eigenvalue weighted by atomic mass is 79.9. The average molecular weight is 756 g/mol. The van der Waals surface area contributed by atoms with Crippen LogP contribution in [0.3, 0.4) is 0 Å². The van der Waals surface area contributed by atoms with E-state index in [1.807, 2.05) is 24.3 Å². The molecule has 10 heteroatoms. The lowest BCUT2D eigenvalue weighted by Crippen LogP contribution is -2.35. The average Bonchev–Trinajstić information content (AvgIpc) is 3.07. The number of nitrogens with one attached hydrogen (secondary N) is 2. The topological polar surface area (TPSA) is 87.6 Å². The molecule has 0 amide bonds. The minimum atomic E-state index is 0.364.